The zero-order valence-corrected chi connectivity index (χ0v) is 19.4. The quantitative estimate of drug-likeness (QED) is 0.280. The monoisotopic (exact) mass is 428 g/mol. The van der Waals surface area contributed by atoms with Crippen molar-refractivity contribution in [1.82, 2.24) is 9.55 Å². The minimum atomic E-state index is 0.997. The van der Waals surface area contributed by atoms with Crippen LogP contribution in [-0.2, 0) is 7.05 Å². The molecule has 0 aliphatic carbocycles. The molecule has 6 rings (SSSR count). The lowest BCUT2D eigenvalue weighted by Gasteiger charge is -2.14. The van der Waals surface area contributed by atoms with Gasteiger partial charge >= 0.3 is 0 Å². The van der Waals surface area contributed by atoms with Crippen LogP contribution in [0.5, 0.6) is 0 Å². The molecule has 160 valence electrons. The van der Waals surface area contributed by atoms with E-state index in [9.17, 15) is 0 Å². The predicted octanol–water partition coefficient (Wildman–Crippen LogP) is 6.75. The molecule has 6 aromatic rings. The second-order valence-corrected chi connectivity index (χ2v) is 8.97. The van der Waals surface area contributed by atoms with E-state index in [4.69, 9.17) is 4.98 Å². The number of pyridine rings is 2. The summed E-state index contributed by atoms with van der Waals surface area (Å²) >= 11 is 0. The van der Waals surface area contributed by atoms with Crippen LogP contribution in [0.4, 0.5) is 0 Å². The van der Waals surface area contributed by atoms with Crippen molar-refractivity contribution >= 4 is 32.8 Å². The van der Waals surface area contributed by atoms with Gasteiger partial charge in [-0.05, 0) is 56.2 Å². The third kappa shape index (κ3) is 2.89. The number of benzene rings is 3. The molecule has 3 nitrogen and oxygen atoms in total. The molecule has 0 bridgehead atoms. The molecule has 33 heavy (non-hydrogen) atoms. The summed E-state index contributed by atoms with van der Waals surface area (Å²) in [6, 6.07) is 28.4. The number of hydrogen-bond acceptors (Lipinski definition) is 1. The molecule has 0 radical (unpaired) electrons. The summed E-state index contributed by atoms with van der Waals surface area (Å²) in [6.07, 6.45) is 1.89. The third-order valence-electron chi connectivity index (χ3n) is 6.93. The Morgan fingerprint density at radius 3 is 2.12 bits per heavy atom. The fourth-order valence-electron chi connectivity index (χ4n) is 5.21. The van der Waals surface area contributed by atoms with Gasteiger partial charge in [-0.15, -0.1) is 0 Å². The van der Waals surface area contributed by atoms with E-state index in [2.05, 4.69) is 110 Å². The van der Waals surface area contributed by atoms with Crippen molar-refractivity contribution in [3.8, 4) is 16.9 Å². The summed E-state index contributed by atoms with van der Waals surface area (Å²) in [6.45, 7) is 6.59. The van der Waals surface area contributed by atoms with Crippen LogP contribution >= 0.6 is 0 Å². The fourth-order valence-corrected chi connectivity index (χ4v) is 5.21. The summed E-state index contributed by atoms with van der Waals surface area (Å²) in [5, 5.41) is 2.52. The molecule has 0 N–H and O–H groups in total. The molecule has 0 amide bonds. The molecule has 0 saturated carbocycles. The first-order valence-corrected chi connectivity index (χ1v) is 11.4. The summed E-state index contributed by atoms with van der Waals surface area (Å²) in [4.78, 5) is 4.86. The largest absolute Gasteiger partial charge is 0.307 e. The molecule has 0 unspecified atom stereocenters. The van der Waals surface area contributed by atoms with Gasteiger partial charge in [0.05, 0.1) is 16.7 Å². The van der Waals surface area contributed by atoms with Gasteiger partial charge in [-0.3, -0.25) is 0 Å². The SMILES string of the molecule is Cc1cc(C)c(C)c(-c2cc(-n3c4ccccc4c4ccccc43)c3ncccc3[n+]2C)c1. The average molecular weight is 429 g/mol. The van der Waals surface area contributed by atoms with Gasteiger partial charge in [0, 0.05) is 34.7 Å². The average Bonchev–Trinajstić information content (AvgIpc) is 3.17. The van der Waals surface area contributed by atoms with E-state index in [-0.39, 0.29) is 0 Å². The van der Waals surface area contributed by atoms with Gasteiger partial charge in [-0.2, -0.15) is 4.57 Å². The van der Waals surface area contributed by atoms with Gasteiger partial charge in [0.1, 0.15) is 7.05 Å². The molecule has 0 spiro atoms. The smallest absolute Gasteiger partial charge is 0.233 e. The number of para-hydroxylation sites is 2. The topological polar surface area (TPSA) is 21.7 Å². The Hall–Kier alpha value is -3.98. The first-order valence-electron chi connectivity index (χ1n) is 11.4. The van der Waals surface area contributed by atoms with Crippen molar-refractivity contribution in [1.29, 1.82) is 0 Å². The molecular weight excluding hydrogens is 402 g/mol. The molecular formula is C30H26N3+. The van der Waals surface area contributed by atoms with Gasteiger partial charge in [0.25, 0.3) is 0 Å². The number of fused-ring (bicyclic) bond motifs is 4. The second-order valence-electron chi connectivity index (χ2n) is 8.97. The number of rotatable bonds is 2. The van der Waals surface area contributed by atoms with Crippen molar-refractivity contribution < 1.29 is 4.57 Å². The van der Waals surface area contributed by atoms with Crippen LogP contribution in [-0.4, -0.2) is 9.55 Å². The Morgan fingerprint density at radius 2 is 1.42 bits per heavy atom. The van der Waals surface area contributed by atoms with Crippen LogP contribution in [0.2, 0.25) is 0 Å². The zero-order chi connectivity index (χ0) is 22.7. The molecule has 3 aromatic heterocycles. The van der Waals surface area contributed by atoms with Crippen LogP contribution < -0.4 is 4.57 Å². The number of aromatic nitrogens is 3. The summed E-state index contributed by atoms with van der Waals surface area (Å²) in [7, 11) is 2.14. The summed E-state index contributed by atoms with van der Waals surface area (Å²) in [5.41, 5.74) is 12.0. The van der Waals surface area contributed by atoms with Gasteiger partial charge in [0.15, 0.2) is 5.52 Å². The molecule has 0 atom stereocenters. The normalized spacial score (nSPS) is 11.6. The molecule has 3 heteroatoms. The van der Waals surface area contributed by atoms with Crippen LogP contribution in [0.1, 0.15) is 16.7 Å². The number of hydrogen-bond donors (Lipinski definition) is 0. The molecule has 0 aliphatic heterocycles. The van der Waals surface area contributed by atoms with E-state index in [1.807, 2.05) is 12.3 Å². The molecule has 0 saturated heterocycles. The van der Waals surface area contributed by atoms with E-state index >= 15 is 0 Å². The van der Waals surface area contributed by atoms with Gasteiger partial charge in [-0.1, -0.05) is 48.0 Å². The molecule has 0 fully saturated rings. The summed E-state index contributed by atoms with van der Waals surface area (Å²) < 4.78 is 4.66. The van der Waals surface area contributed by atoms with E-state index in [1.54, 1.807) is 0 Å². The Bertz CT molecular complexity index is 1650. The lowest BCUT2D eigenvalue weighted by atomic mass is 9.96. The maximum absolute atomic E-state index is 4.86. The van der Waals surface area contributed by atoms with E-state index in [1.165, 1.54) is 49.8 Å². The summed E-state index contributed by atoms with van der Waals surface area (Å²) in [5.74, 6) is 0. The highest BCUT2D eigenvalue weighted by Crippen LogP contribution is 2.35. The highest BCUT2D eigenvalue weighted by atomic mass is 15.0. The van der Waals surface area contributed by atoms with Crippen molar-refractivity contribution in [2.24, 2.45) is 7.05 Å². The van der Waals surface area contributed by atoms with E-state index < -0.39 is 0 Å². The van der Waals surface area contributed by atoms with Crippen molar-refractivity contribution in [2.75, 3.05) is 0 Å². The van der Waals surface area contributed by atoms with Crippen molar-refractivity contribution in [2.45, 2.75) is 20.8 Å². The standard InChI is InChI=1S/C30H26N3/c1-19-16-20(2)21(3)24(17-19)28-18-29(30-27(32(28)4)14-9-15-31-30)33-25-12-7-5-10-22(25)23-11-6-8-13-26(23)33/h5-18H,1-4H3/q+1. The van der Waals surface area contributed by atoms with Gasteiger partial charge in [-0.25, -0.2) is 4.98 Å². The zero-order valence-electron chi connectivity index (χ0n) is 19.4. The second kappa shape index (κ2) is 7.28. The predicted molar refractivity (Wildman–Crippen MR) is 137 cm³/mol. The van der Waals surface area contributed by atoms with Crippen molar-refractivity contribution in [3.05, 3.63) is 102 Å². The van der Waals surface area contributed by atoms with Gasteiger partial charge < -0.3 is 4.57 Å². The highest BCUT2D eigenvalue weighted by molar-refractivity contribution is 6.10. The first-order chi connectivity index (χ1) is 16.0. The Morgan fingerprint density at radius 1 is 0.758 bits per heavy atom. The number of aryl methyl sites for hydroxylation is 3. The maximum Gasteiger partial charge on any atom is 0.233 e. The molecule has 0 aliphatic rings. The Labute approximate surface area is 193 Å². The van der Waals surface area contributed by atoms with E-state index in [0.29, 0.717) is 0 Å². The Kier molecular flexibility index (Phi) is 4.34. The lowest BCUT2D eigenvalue weighted by Crippen LogP contribution is -2.33. The van der Waals surface area contributed by atoms with Crippen LogP contribution in [0.25, 0.3) is 49.8 Å². The number of nitrogens with zero attached hydrogens (tertiary/aromatic N) is 3. The third-order valence-corrected chi connectivity index (χ3v) is 6.93. The Balaban J connectivity index is 1.80. The van der Waals surface area contributed by atoms with E-state index in [0.717, 1.165) is 16.7 Å². The first kappa shape index (κ1) is 19.7. The van der Waals surface area contributed by atoms with Crippen LogP contribution in [0, 0.1) is 20.8 Å². The molecule has 3 heterocycles. The maximum atomic E-state index is 4.86. The fraction of sp³-hybridized carbons (Fsp3) is 0.133. The van der Waals surface area contributed by atoms with Crippen molar-refractivity contribution in [3.63, 3.8) is 0 Å². The lowest BCUT2D eigenvalue weighted by molar-refractivity contribution is -0.633. The molecule has 3 aromatic carbocycles. The van der Waals surface area contributed by atoms with Crippen LogP contribution in [0.3, 0.4) is 0 Å². The van der Waals surface area contributed by atoms with Gasteiger partial charge in [0.2, 0.25) is 11.2 Å². The highest BCUT2D eigenvalue weighted by Gasteiger charge is 2.23. The van der Waals surface area contributed by atoms with Crippen LogP contribution in [0.15, 0.2) is 85.1 Å². The minimum absolute atomic E-state index is 0.997. The minimum Gasteiger partial charge on any atom is -0.307 e.